The third-order valence-corrected chi connectivity index (χ3v) is 6.70. The summed E-state index contributed by atoms with van der Waals surface area (Å²) in [5, 5.41) is 9.26. The van der Waals surface area contributed by atoms with Crippen LogP contribution in [0.15, 0.2) is 29.5 Å². The molecule has 190 valence electrons. The molecule has 1 aliphatic rings. The van der Waals surface area contributed by atoms with Crippen LogP contribution in [0.2, 0.25) is 0 Å². The van der Waals surface area contributed by atoms with Crippen LogP contribution in [0.3, 0.4) is 0 Å². The normalized spacial score (nSPS) is 17.8. The number of aliphatic imine (C=N–C) groups is 1. The number of unbranched alkanes of at least 4 members (excludes halogenated alkanes) is 15. The first-order valence-corrected chi connectivity index (χ1v) is 13.8. The SMILES string of the molecule is CCCCCCCCCCCCCC/C=C/CCCCCC1=NC=C[N+]1(CCN)CC(=O)O. The fraction of sp³-hybridized carbons (Fsp3) is 0.786. The number of carboxylic acids is 1. The molecule has 0 aromatic heterocycles. The summed E-state index contributed by atoms with van der Waals surface area (Å²) in [6, 6.07) is 0. The van der Waals surface area contributed by atoms with Crippen molar-refractivity contribution in [3.05, 3.63) is 24.6 Å². The van der Waals surface area contributed by atoms with Gasteiger partial charge in [0.05, 0.1) is 6.20 Å². The van der Waals surface area contributed by atoms with Crippen LogP contribution in [0, 0.1) is 0 Å². The monoisotopic (exact) mass is 462 g/mol. The van der Waals surface area contributed by atoms with E-state index in [9.17, 15) is 9.90 Å². The highest BCUT2D eigenvalue weighted by atomic mass is 16.4. The number of amidine groups is 1. The third kappa shape index (κ3) is 14.4. The maximum absolute atomic E-state index is 11.3. The lowest BCUT2D eigenvalue weighted by molar-refractivity contribution is -0.778. The van der Waals surface area contributed by atoms with Crippen LogP contribution >= 0.6 is 0 Å². The predicted octanol–water partition coefficient (Wildman–Crippen LogP) is 7.33. The molecule has 5 nitrogen and oxygen atoms in total. The quantitative estimate of drug-likeness (QED) is 0.0948. The second-order valence-electron chi connectivity index (χ2n) is 9.69. The predicted molar refractivity (Wildman–Crippen MR) is 141 cm³/mol. The Morgan fingerprint density at radius 1 is 0.879 bits per heavy atom. The molecule has 0 saturated heterocycles. The van der Waals surface area contributed by atoms with Crippen LogP contribution in [0.4, 0.5) is 0 Å². The zero-order chi connectivity index (χ0) is 24.0. The van der Waals surface area contributed by atoms with Crippen LogP contribution < -0.4 is 5.73 Å². The Bertz CT molecular complexity index is 586. The number of quaternary nitrogens is 1. The first-order chi connectivity index (χ1) is 16.1. The summed E-state index contributed by atoms with van der Waals surface area (Å²) in [6.07, 6.45) is 31.8. The molecule has 0 aromatic rings. The molecule has 33 heavy (non-hydrogen) atoms. The Morgan fingerprint density at radius 2 is 1.39 bits per heavy atom. The molecule has 1 atom stereocenters. The third-order valence-electron chi connectivity index (χ3n) is 6.70. The minimum Gasteiger partial charge on any atom is -0.477 e. The van der Waals surface area contributed by atoms with E-state index in [2.05, 4.69) is 24.1 Å². The van der Waals surface area contributed by atoms with E-state index in [0.29, 0.717) is 17.6 Å². The standard InChI is InChI=1S/C28H51N3O2/c1-2-3-4-5-6-7-8-9-10-11-12-13-14-15-16-17-18-19-20-21-27-30-23-25-31(27,24-22-29)26-28(32)33/h15-16,23,25H,2-14,17-22,24,26,29H2,1H3/p+1/b16-15+. The summed E-state index contributed by atoms with van der Waals surface area (Å²) in [6.45, 7) is 3.38. The number of carbonyl (C=O) groups is 1. The Kier molecular flexibility index (Phi) is 17.9. The average Bonchev–Trinajstić information content (AvgIpc) is 3.16. The van der Waals surface area contributed by atoms with Crippen molar-refractivity contribution < 1.29 is 14.4 Å². The summed E-state index contributed by atoms with van der Waals surface area (Å²) in [5.74, 6) is 0.145. The van der Waals surface area contributed by atoms with Crippen LogP contribution in [0.1, 0.15) is 122 Å². The molecule has 1 aliphatic heterocycles. The topological polar surface area (TPSA) is 75.7 Å². The van der Waals surface area contributed by atoms with Crippen molar-refractivity contribution in [1.82, 2.24) is 0 Å². The zero-order valence-corrected chi connectivity index (χ0v) is 21.5. The molecule has 0 aliphatic carbocycles. The van der Waals surface area contributed by atoms with Crippen molar-refractivity contribution in [3.63, 3.8) is 0 Å². The first kappa shape index (κ1) is 29.6. The molecule has 0 fully saturated rings. The second-order valence-corrected chi connectivity index (χ2v) is 9.69. The van der Waals surface area contributed by atoms with Crippen molar-refractivity contribution in [2.24, 2.45) is 10.7 Å². The molecule has 1 rings (SSSR count). The zero-order valence-electron chi connectivity index (χ0n) is 21.5. The van der Waals surface area contributed by atoms with Crippen molar-refractivity contribution >= 4 is 11.8 Å². The van der Waals surface area contributed by atoms with Crippen molar-refractivity contribution in [1.29, 1.82) is 0 Å². The smallest absolute Gasteiger partial charge is 0.360 e. The molecule has 0 radical (unpaired) electrons. The van der Waals surface area contributed by atoms with Gasteiger partial charge in [0, 0.05) is 13.0 Å². The van der Waals surface area contributed by atoms with E-state index in [0.717, 1.165) is 31.5 Å². The molecule has 0 spiro atoms. The van der Waals surface area contributed by atoms with Crippen molar-refractivity contribution in [2.45, 2.75) is 122 Å². The van der Waals surface area contributed by atoms with Gasteiger partial charge in [-0.15, -0.1) is 0 Å². The lowest BCUT2D eigenvalue weighted by atomic mass is 10.0. The Hall–Kier alpha value is -1.46. The number of hydrogen-bond donors (Lipinski definition) is 2. The van der Waals surface area contributed by atoms with E-state index in [1.54, 1.807) is 6.20 Å². The fourth-order valence-corrected chi connectivity index (χ4v) is 4.69. The summed E-state index contributed by atoms with van der Waals surface area (Å²) >= 11 is 0. The van der Waals surface area contributed by atoms with Gasteiger partial charge in [0.15, 0.2) is 6.54 Å². The summed E-state index contributed by atoms with van der Waals surface area (Å²) in [7, 11) is 0. The molecule has 1 heterocycles. The number of allylic oxidation sites excluding steroid dienone is 2. The van der Waals surface area contributed by atoms with Crippen molar-refractivity contribution in [2.75, 3.05) is 19.6 Å². The van der Waals surface area contributed by atoms with Gasteiger partial charge in [-0.05, 0) is 32.1 Å². The highest BCUT2D eigenvalue weighted by molar-refractivity contribution is 5.81. The van der Waals surface area contributed by atoms with Gasteiger partial charge in [0.1, 0.15) is 12.7 Å². The van der Waals surface area contributed by atoms with Gasteiger partial charge in [-0.3, -0.25) is 0 Å². The minimum atomic E-state index is -0.805. The molecular weight excluding hydrogens is 410 g/mol. The summed E-state index contributed by atoms with van der Waals surface area (Å²) < 4.78 is 0.296. The van der Waals surface area contributed by atoms with Crippen molar-refractivity contribution in [3.8, 4) is 0 Å². The van der Waals surface area contributed by atoms with Gasteiger partial charge in [-0.25, -0.2) is 14.3 Å². The Balaban J connectivity index is 1.94. The molecule has 0 bridgehead atoms. The number of hydrogen-bond acceptors (Lipinski definition) is 3. The van der Waals surface area contributed by atoms with Gasteiger partial charge in [-0.1, -0.05) is 96.1 Å². The van der Waals surface area contributed by atoms with Crippen LogP contribution in [0.25, 0.3) is 0 Å². The molecule has 0 aromatic carbocycles. The molecule has 5 heteroatoms. The van der Waals surface area contributed by atoms with Gasteiger partial charge < -0.3 is 10.8 Å². The van der Waals surface area contributed by atoms with Crippen LogP contribution in [-0.4, -0.2) is 41.0 Å². The van der Waals surface area contributed by atoms with Gasteiger partial charge in [0.2, 0.25) is 5.84 Å². The molecule has 1 unspecified atom stereocenters. The largest absolute Gasteiger partial charge is 0.477 e. The Morgan fingerprint density at radius 3 is 1.91 bits per heavy atom. The minimum absolute atomic E-state index is 0.0361. The fourth-order valence-electron chi connectivity index (χ4n) is 4.69. The van der Waals surface area contributed by atoms with E-state index in [1.165, 1.54) is 89.9 Å². The Labute approximate surface area is 203 Å². The first-order valence-electron chi connectivity index (χ1n) is 13.8. The van der Waals surface area contributed by atoms with E-state index in [-0.39, 0.29) is 6.54 Å². The van der Waals surface area contributed by atoms with E-state index in [4.69, 9.17) is 5.73 Å². The van der Waals surface area contributed by atoms with Crippen LogP contribution in [-0.2, 0) is 4.79 Å². The highest BCUT2D eigenvalue weighted by Gasteiger charge is 2.36. The maximum Gasteiger partial charge on any atom is 0.360 e. The lowest BCUT2D eigenvalue weighted by Crippen LogP contribution is -2.52. The van der Waals surface area contributed by atoms with Gasteiger partial charge >= 0.3 is 5.97 Å². The molecular formula is C28H52N3O2+. The lowest BCUT2D eigenvalue weighted by Gasteiger charge is -2.30. The van der Waals surface area contributed by atoms with Gasteiger partial charge in [-0.2, -0.15) is 0 Å². The summed E-state index contributed by atoms with van der Waals surface area (Å²) in [4.78, 5) is 15.7. The number of nitrogens with two attached hydrogens (primary N) is 1. The number of aliphatic carboxylic acids is 1. The number of rotatable bonds is 23. The molecule has 0 saturated carbocycles. The van der Waals surface area contributed by atoms with E-state index in [1.807, 2.05) is 6.20 Å². The van der Waals surface area contributed by atoms with E-state index >= 15 is 0 Å². The van der Waals surface area contributed by atoms with E-state index < -0.39 is 5.97 Å². The average molecular weight is 463 g/mol. The molecule has 0 amide bonds. The van der Waals surface area contributed by atoms with Crippen LogP contribution in [0.5, 0.6) is 0 Å². The molecule has 3 N–H and O–H groups in total. The number of nitrogens with zero attached hydrogens (tertiary/aromatic N) is 2. The highest BCUT2D eigenvalue weighted by Crippen LogP contribution is 2.21. The van der Waals surface area contributed by atoms with Gasteiger partial charge in [0.25, 0.3) is 0 Å². The summed E-state index contributed by atoms with van der Waals surface area (Å²) in [5.41, 5.74) is 5.73. The second kappa shape index (κ2) is 20.0. The maximum atomic E-state index is 11.3. The number of carboxylic acid groups (broad SMARTS) is 1.